The molecule has 27 heavy (non-hydrogen) atoms. The average Bonchev–Trinajstić information content (AvgIpc) is 3.39. The highest BCUT2D eigenvalue weighted by Gasteiger charge is 2.51. The van der Waals surface area contributed by atoms with E-state index in [1.807, 2.05) is 24.3 Å². The summed E-state index contributed by atoms with van der Waals surface area (Å²) in [5.74, 6) is -1.21. The van der Waals surface area contributed by atoms with Crippen LogP contribution >= 0.6 is 0 Å². The quantitative estimate of drug-likeness (QED) is 0.839. The number of ether oxygens (including phenoxy) is 1. The highest BCUT2D eigenvalue weighted by Crippen LogP contribution is 2.46. The van der Waals surface area contributed by atoms with E-state index >= 15 is 0 Å². The van der Waals surface area contributed by atoms with Gasteiger partial charge in [-0.2, -0.15) is 0 Å². The molecule has 0 spiro atoms. The van der Waals surface area contributed by atoms with E-state index in [-0.39, 0.29) is 24.0 Å². The summed E-state index contributed by atoms with van der Waals surface area (Å²) in [4.78, 5) is 38.4. The molecule has 0 aromatic heterocycles. The van der Waals surface area contributed by atoms with Gasteiger partial charge < -0.3 is 19.8 Å². The van der Waals surface area contributed by atoms with Crippen LogP contribution in [-0.2, 0) is 16.0 Å². The number of amides is 2. The number of nitrogens with zero attached hydrogens (tertiary/aromatic N) is 2. The zero-order valence-electron chi connectivity index (χ0n) is 14.8. The number of aliphatic carboxylic acids is 1. The van der Waals surface area contributed by atoms with Gasteiger partial charge in [-0.15, -0.1) is 0 Å². The topological polar surface area (TPSA) is 107 Å². The van der Waals surface area contributed by atoms with Crippen molar-refractivity contribution in [3.05, 3.63) is 29.8 Å². The molecule has 2 N–H and O–H groups in total. The van der Waals surface area contributed by atoms with Crippen LogP contribution in [0.2, 0.25) is 0 Å². The minimum atomic E-state index is -1.19. The number of anilines is 1. The molecule has 0 bridgehead atoms. The van der Waals surface area contributed by atoms with Crippen molar-refractivity contribution in [1.82, 2.24) is 4.90 Å². The molecule has 8 nitrogen and oxygen atoms in total. The molecular formula is C19H22N2O6. The van der Waals surface area contributed by atoms with Gasteiger partial charge in [-0.3, -0.25) is 4.90 Å². The fourth-order valence-corrected chi connectivity index (χ4v) is 4.67. The van der Waals surface area contributed by atoms with E-state index < -0.39 is 24.8 Å². The standard InChI is InChI=1S/C19H22N2O6/c22-17(23)10-27-19(26)20(12-5-6-12)15-7-8-16-13(15)9-11-3-1-2-4-14(11)21(16)18(24)25/h1-4,12-13,15-16H,5-10H2,(H,22,23)(H,24,25). The number of carboxylic acids is 1. The smallest absolute Gasteiger partial charge is 0.412 e. The first-order chi connectivity index (χ1) is 13.0. The van der Waals surface area contributed by atoms with Crippen LogP contribution < -0.4 is 4.90 Å². The van der Waals surface area contributed by atoms with E-state index in [0.29, 0.717) is 19.3 Å². The molecule has 1 aromatic rings. The number of carbonyl (C=O) groups is 3. The van der Waals surface area contributed by atoms with Crippen LogP contribution in [-0.4, -0.2) is 58.0 Å². The second-order valence-electron chi connectivity index (χ2n) is 7.45. The molecule has 1 heterocycles. The predicted octanol–water partition coefficient (Wildman–Crippen LogP) is 2.56. The van der Waals surface area contributed by atoms with Gasteiger partial charge >= 0.3 is 18.2 Å². The first kappa shape index (κ1) is 17.6. The molecule has 2 aliphatic carbocycles. The fourth-order valence-electron chi connectivity index (χ4n) is 4.67. The maximum Gasteiger partial charge on any atom is 0.412 e. The third-order valence-electron chi connectivity index (χ3n) is 5.82. The summed E-state index contributed by atoms with van der Waals surface area (Å²) >= 11 is 0. The summed E-state index contributed by atoms with van der Waals surface area (Å²) in [5, 5.41) is 18.6. The maximum atomic E-state index is 12.6. The van der Waals surface area contributed by atoms with Crippen molar-refractivity contribution in [3.8, 4) is 0 Å². The molecule has 2 amide bonds. The van der Waals surface area contributed by atoms with Gasteiger partial charge in [0.15, 0.2) is 6.61 Å². The van der Waals surface area contributed by atoms with E-state index in [0.717, 1.165) is 24.1 Å². The van der Waals surface area contributed by atoms with E-state index in [9.17, 15) is 19.5 Å². The number of fused-ring (bicyclic) bond motifs is 2. The summed E-state index contributed by atoms with van der Waals surface area (Å²) in [7, 11) is 0. The van der Waals surface area contributed by atoms with Crippen LogP contribution in [0.5, 0.6) is 0 Å². The third kappa shape index (κ3) is 3.20. The van der Waals surface area contributed by atoms with Gasteiger partial charge in [0.1, 0.15) is 0 Å². The molecule has 0 radical (unpaired) electrons. The number of para-hydroxylation sites is 1. The van der Waals surface area contributed by atoms with E-state index in [2.05, 4.69) is 0 Å². The van der Waals surface area contributed by atoms with Gasteiger partial charge in [0, 0.05) is 24.0 Å². The Morgan fingerprint density at radius 3 is 2.52 bits per heavy atom. The molecule has 3 unspecified atom stereocenters. The summed E-state index contributed by atoms with van der Waals surface area (Å²) in [6.07, 6.45) is 2.21. The van der Waals surface area contributed by atoms with Crippen LogP contribution in [0, 0.1) is 5.92 Å². The first-order valence-corrected chi connectivity index (χ1v) is 9.24. The van der Waals surface area contributed by atoms with Gasteiger partial charge in [0.05, 0.1) is 5.69 Å². The molecule has 3 atom stereocenters. The lowest BCUT2D eigenvalue weighted by molar-refractivity contribution is -0.140. The molecule has 4 rings (SSSR count). The van der Waals surface area contributed by atoms with Crippen molar-refractivity contribution < 1.29 is 29.3 Å². The van der Waals surface area contributed by atoms with Crippen LogP contribution in [0.1, 0.15) is 31.2 Å². The zero-order valence-corrected chi connectivity index (χ0v) is 14.8. The van der Waals surface area contributed by atoms with Crippen molar-refractivity contribution >= 4 is 23.8 Å². The summed E-state index contributed by atoms with van der Waals surface area (Å²) < 4.78 is 4.96. The van der Waals surface area contributed by atoms with Gasteiger partial charge in [0.2, 0.25) is 0 Å². The van der Waals surface area contributed by atoms with E-state index in [4.69, 9.17) is 9.84 Å². The third-order valence-corrected chi connectivity index (χ3v) is 5.82. The molecule has 2 saturated carbocycles. The van der Waals surface area contributed by atoms with Crippen LogP contribution in [0.25, 0.3) is 0 Å². The SMILES string of the molecule is O=C(O)COC(=O)N(C1CC1)C1CCC2C1Cc1ccccc1N2C(=O)O. The number of hydrogen-bond donors (Lipinski definition) is 2. The second-order valence-corrected chi connectivity index (χ2v) is 7.45. The monoisotopic (exact) mass is 374 g/mol. The minimum Gasteiger partial charge on any atom is -0.479 e. The molecule has 1 aliphatic heterocycles. The molecule has 8 heteroatoms. The van der Waals surface area contributed by atoms with Crippen molar-refractivity contribution in [2.24, 2.45) is 5.92 Å². The summed E-state index contributed by atoms with van der Waals surface area (Å²) in [6, 6.07) is 7.22. The lowest BCUT2D eigenvalue weighted by atomic mass is 9.85. The molecular weight excluding hydrogens is 352 g/mol. The van der Waals surface area contributed by atoms with Crippen molar-refractivity contribution in [1.29, 1.82) is 0 Å². The summed E-state index contributed by atoms with van der Waals surface area (Å²) in [5.41, 5.74) is 1.68. The van der Waals surface area contributed by atoms with E-state index in [1.165, 1.54) is 4.90 Å². The minimum absolute atomic E-state index is 0.0195. The second kappa shape index (κ2) is 6.75. The number of carboxylic acid groups (broad SMARTS) is 2. The van der Waals surface area contributed by atoms with Gasteiger partial charge in [-0.1, -0.05) is 18.2 Å². The largest absolute Gasteiger partial charge is 0.479 e. The van der Waals surface area contributed by atoms with Crippen molar-refractivity contribution in [2.45, 2.75) is 50.2 Å². The maximum absolute atomic E-state index is 12.6. The molecule has 2 fully saturated rings. The summed E-state index contributed by atoms with van der Waals surface area (Å²) in [6.45, 7) is -0.660. The zero-order chi connectivity index (χ0) is 19.1. The Bertz CT molecular complexity index is 777. The Kier molecular flexibility index (Phi) is 4.41. The highest BCUT2D eigenvalue weighted by molar-refractivity contribution is 5.89. The highest BCUT2D eigenvalue weighted by atomic mass is 16.6. The Balaban J connectivity index is 1.61. The van der Waals surface area contributed by atoms with Gasteiger partial charge in [-0.05, 0) is 43.7 Å². The lowest BCUT2D eigenvalue weighted by Crippen LogP contribution is -2.52. The number of benzene rings is 1. The molecule has 1 aromatic carbocycles. The lowest BCUT2D eigenvalue weighted by Gasteiger charge is -2.41. The molecule has 144 valence electrons. The number of carbonyl (C=O) groups excluding carboxylic acids is 1. The van der Waals surface area contributed by atoms with Crippen LogP contribution in [0.15, 0.2) is 24.3 Å². The van der Waals surface area contributed by atoms with Crippen molar-refractivity contribution in [3.63, 3.8) is 0 Å². The first-order valence-electron chi connectivity index (χ1n) is 9.24. The van der Waals surface area contributed by atoms with Crippen molar-refractivity contribution in [2.75, 3.05) is 11.5 Å². The van der Waals surface area contributed by atoms with Crippen LogP contribution in [0.3, 0.4) is 0 Å². The number of hydrogen-bond acceptors (Lipinski definition) is 4. The Morgan fingerprint density at radius 1 is 1.11 bits per heavy atom. The van der Waals surface area contributed by atoms with Gasteiger partial charge in [0.25, 0.3) is 0 Å². The Labute approximate surface area is 156 Å². The molecule has 0 saturated heterocycles. The van der Waals surface area contributed by atoms with E-state index in [1.54, 1.807) is 4.90 Å². The normalized spacial score (nSPS) is 26.1. The predicted molar refractivity (Wildman–Crippen MR) is 94.8 cm³/mol. The van der Waals surface area contributed by atoms with Gasteiger partial charge in [-0.25, -0.2) is 14.4 Å². The fraction of sp³-hybridized carbons (Fsp3) is 0.526. The number of rotatable bonds is 4. The van der Waals surface area contributed by atoms with Crippen LogP contribution in [0.4, 0.5) is 15.3 Å². The molecule has 3 aliphatic rings. The Morgan fingerprint density at radius 2 is 1.85 bits per heavy atom. The Hall–Kier alpha value is -2.77. The average molecular weight is 374 g/mol.